The molecule has 2 aliphatic rings. The van der Waals surface area contributed by atoms with Crippen LogP contribution in [0.25, 0.3) is 0 Å². The maximum Gasteiger partial charge on any atom is 0.142 e. The highest BCUT2D eigenvalue weighted by Gasteiger charge is 2.22. The van der Waals surface area contributed by atoms with E-state index in [9.17, 15) is 0 Å². The van der Waals surface area contributed by atoms with Crippen molar-refractivity contribution in [2.75, 3.05) is 31.1 Å². The lowest BCUT2D eigenvalue weighted by Crippen LogP contribution is -2.38. The van der Waals surface area contributed by atoms with E-state index in [0.29, 0.717) is 6.04 Å². The summed E-state index contributed by atoms with van der Waals surface area (Å²) in [7, 11) is 0. The largest absolute Gasteiger partial charge is 0.490 e. The number of benzene rings is 1. The van der Waals surface area contributed by atoms with Crippen LogP contribution in [0.3, 0.4) is 0 Å². The summed E-state index contributed by atoms with van der Waals surface area (Å²) in [5.41, 5.74) is 4.25. The summed E-state index contributed by atoms with van der Waals surface area (Å²) in [5, 5.41) is 3.46. The Balaban J connectivity index is 2.02. The highest BCUT2D eigenvalue weighted by molar-refractivity contribution is 5.64. The minimum absolute atomic E-state index is 0.537. The fourth-order valence-electron chi connectivity index (χ4n) is 2.94. The van der Waals surface area contributed by atoms with Gasteiger partial charge >= 0.3 is 0 Å². The van der Waals surface area contributed by atoms with Gasteiger partial charge in [-0.2, -0.15) is 0 Å². The quantitative estimate of drug-likeness (QED) is 0.820. The van der Waals surface area contributed by atoms with Crippen molar-refractivity contribution in [3.05, 3.63) is 23.3 Å². The molecule has 3 rings (SSSR count). The number of ether oxygens (including phenoxy) is 1. The van der Waals surface area contributed by atoms with Gasteiger partial charge in [-0.25, -0.2) is 0 Å². The molecule has 1 aromatic carbocycles. The second-order valence-corrected chi connectivity index (χ2v) is 5.47. The second kappa shape index (κ2) is 4.81. The molecule has 0 saturated heterocycles. The van der Waals surface area contributed by atoms with Crippen LogP contribution in [0.1, 0.15) is 25.0 Å². The maximum absolute atomic E-state index is 5.85. The van der Waals surface area contributed by atoms with Gasteiger partial charge in [0, 0.05) is 6.04 Å². The van der Waals surface area contributed by atoms with Crippen LogP contribution in [0.4, 0.5) is 5.69 Å². The second-order valence-electron chi connectivity index (χ2n) is 5.47. The van der Waals surface area contributed by atoms with Crippen LogP contribution in [0.15, 0.2) is 12.1 Å². The number of nitrogens with one attached hydrogen (secondary N) is 1. The molecule has 0 radical (unpaired) electrons. The van der Waals surface area contributed by atoms with E-state index in [1.165, 1.54) is 16.8 Å². The van der Waals surface area contributed by atoms with Crippen LogP contribution in [0.5, 0.6) is 5.75 Å². The number of anilines is 1. The molecular formula is C15H22N2O. The van der Waals surface area contributed by atoms with Gasteiger partial charge in [0.1, 0.15) is 12.4 Å². The molecule has 1 N–H and O–H groups in total. The molecule has 0 aromatic heterocycles. The molecule has 3 heteroatoms. The molecule has 2 aliphatic heterocycles. The number of hydrogen-bond acceptors (Lipinski definition) is 3. The number of nitrogens with zero attached hydrogens (tertiary/aromatic N) is 1. The molecule has 0 fully saturated rings. The molecule has 0 bridgehead atoms. The number of rotatable bonds is 1. The van der Waals surface area contributed by atoms with Gasteiger partial charge in [-0.15, -0.1) is 0 Å². The zero-order valence-corrected chi connectivity index (χ0v) is 11.3. The molecule has 0 spiro atoms. The van der Waals surface area contributed by atoms with Crippen LogP contribution >= 0.6 is 0 Å². The molecule has 0 atom stereocenters. The predicted molar refractivity (Wildman–Crippen MR) is 74.7 cm³/mol. The predicted octanol–water partition coefficient (Wildman–Crippen LogP) is 1.98. The van der Waals surface area contributed by atoms with E-state index in [2.05, 4.69) is 36.2 Å². The molecule has 1 aromatic rings. The lowest BCUT2D eigenvalue weighted by Gasteiger charge is -2.35. The Morgan fingerprint density at radius 1 is 1.17 bits per heavy atom. The van der Waals surface area contributed by atoms with Crippen molar-refractivity contribution in [3.8, 4) is 5.75 Å². The summed E-state index contributed by atoms with van der Waals surface area (Å²) in [6.07, 6.45) is 2.25. The van der Waals surface area contributed by atoms with Gasteiger partial charge in [-0.1, -0.05) is 0 Å². The molecule has 0 aliphatic carbocycles. The third kappa shape index (κ3) is 2.07. The standard InChI is InChI=1S/C15H22N2O/c1-11(2)17-7-8-18-15-10-13-4-6-16-5-3-12(13)9-14(15)17/h9-11,16H,3-8H2,1-2H3. The van der Waals surface area contributed by atoms with Crippen molar-refractivity contribution < 1.29 is 4.74 Å². The Labute approximate surface area is 109 Å². The number of fused-ring (bicyclic) bond motifs is 2. The SMILES string of the molecule is CC(C)N1CCOc2cc3c(cc21)CCNCC3. The third-order valence-corrected chi connectivity index (χ3v) is 3.95. The zero-order chi connectivity index (χ0) is 12.5. The minimum atomic E-state index is 0.537. The Morgan fingerprint density at radius 3 is 2.61 bits per heavy atom. The van der Waals surface area contributed by atoms with Crippen LogP contribution in [-0.2, 0) is 12.8 Å². The van der Waals surface area contributed by atoms with Gasteiger partial charge in [0.25, 0.3) is 0 Å². The zero-order valence-electron chi connectivity index (χ0n) is 11.3. The van der Waals surface area contributed by atoms with Crippen LogP contribution in [-0.4, -0.2) is 32.3 Å². The summed E-state index contributed by atoms with van der Waals surface area (Å²) in [5.74, 6) is 1.08. The number of hydrogen-bond donors (Lipinski definition) is 1. The maximum atomic E-state index is 5.85. The van der Waals surface area contributed by atoms with Gasteiger partial charge in [-0.3, -0.25) is 0 Å². The van der Waals surface area contributed by atoms with E-state index in [0.717, 1.165) is 44.8 Å². The minimum Gasteiger partial charge on any atom is -0.490 e. The van der Waals surface area contributed by atoms with E-state index in [1.807, 2.05) is 0 Å². The molecule has 0 saturated carbocycles. The summed E-state index contributed by atoms with van der Waals surface area (Å²) in [4.78, 5) is 2.46. The Bertz CT molecular complexity index is 442. The van der Waals surface area contributed by atoms with Gasteiger partial charge in [-0.05, 0) is 63.0 Å². The average Bonchev–Trinajstić information content (AvgIpc) is 2.59. The van der Waals surface area contributed by atoms with Crippen LogP contribution < -0.4 is 15.0 Å². The lowest BCUT2D eigenvalue weighted by molar-refractivity contribution is 0.302. The smallest absolute Gasteiger partial charge is 0.142 e. The topological polar surface area (TPSA) is 24.5 Å². The van der Waals surface area contributed by atoms with E-state index < -0.39 is 0 Å². The average molecular weight is 246 g/mol. The normalized spacial score (nSPS) is 18.9. The third-order valence-electron chi connectivity index (χ3n) is 3.95. The van der Waals surface area contributed by atoms with E-state index in [-0.39, 0.29) is 0 Å². The fourth-order valence-corrected chi connectivity index (χ4v) is 2.94. The first-order valence-electron chi connectivity index (χ1n) is 7.01. The lowest BCUT2D eigenvalue weighted by atomic mass is 10.00. The van der Waals surface area contributed by atoms with E-state index >= 15 is 0 Å². The summed E-state index contributed by atoms with van der Waals surface area (Å²) in [6.45, 7) is 8.49. The van der Waals surface area contributed by atoms with Crippen molar-refractivity contribution in [2.45, 2.75) is 32.7 Å². The van der Waals surface area contributed by atoms with E-state index in [4.69, 9.17) is 4.74 Å². The van der Waals surface area contributed by atoms with Gasteiger partial charge < -0.3 is 15.0 Å². The molecule has 18 heavy (non-hydrogen) atoms. The first-order valence-corrected chi connectivity index (χ1v) is 7.01. The fraction of sp³-hybridized carbons (Fsp3) is 0.600. The first kappa shape index (κ1) is 11.8. The van der Waals surface area contributed by atoms with Crippen molar-refractivity contribution >= 4 is 5.69 Å². The van der Waals surface area contributed by atoms with Gasteiger partial charge in [0.05, 0.1) is 12.2 Å². The molecule has 0 unspecified atom stereocenters. The molecule has 2 heterocycles. The highest BCUT2D eigenvalue weighted by atomic mass is 16.5. The summed E-state index contributed by atoms with van der Waals surface area (Å²) >= 11 is 0. The monoisotopic (exact) mass is 246 g/mol. The molecule has 0 amide bonds. The van der Waals surface area contributed by atoms with Crippen molar-refractivity contribution in [1.82, 2.24) is 5.32 Å². The van der Waals surface area contributed by atoms with Gasteiger partial charge in [0.2, 0.25) is 0 Å². The van der Waals surface area contributed by atoms with Crippen LogP contribution in [0, 0.1) is 0 Å². The van der Waals surface area contributed by atoms with Crippen molar-refractivity contribution in [3.63, 3.8) is 0 Å². The summed E-state index contributed by atoms with van der Waals surface area (Å²) < 4.78 is 5.85. The van der Waals surface area contributed by atoms with Crippen molar-refractivity contribution in [2.24, 2.45) is 0 Å². The van der Waals surface area contributed by atoms with Crippen molar-refractivity contribution in [1.29, 1.82) is 0 Å². The van der Waals surface area contributed by atoms with Crippen LogP contribution in [0.2, 0.25) is 0 Å². The first-order chi connectivity index (χ1) is 8.75. The Kier molecular flexibility index (Phi) is 3.16. The molecular weight excluding hydrogens is 224 g/mol. The highest BCUT2D eigenvalue weighted by Crippen LogP contribution is 2.36. The Hall–Kier alpha value is -1.22. The molecule has 98 valence electrons. The van der Waals surface area contributed by atoms with E-state index in [1.54, 1.807) is 0 Å². The molecule has 3 nitrogen and oxygen atoms in total. The Morgan fingerprint density at radius 2 is 1.89 bits per heavy atom. The summed E-state index contributed by atoms with van der Waals surface area (Å²) in [6, 6.07) is 5.16. The van der Waals surface area contributed by atoms with Gasteiger partial charge in [0.15, 0.2) is 0 Å².